The molecule has 0 fully saturated rings. The second-order valence-electron chi connectivity index (χ2n) is 5.81. The topological polar surface area (TPSA) is 155 Å². The fraction of sp³-hybridized carbons (Fsp3) is 0.643. The Morgan fingerprint density at radius 1 is 1.21 bits per heavy atom. The number of nitrogens with zero attached hydrogens (tertiary/aromatic N) is 2. The van der Waals surface area contributed by atoms with Crippen LogP contribution >= 0.6 is 0 Å². The second-order valence-corrected chi connectivity index (χ2v) is 5.81. The lowest BCUT2D eigenvalue weighted by Gasteiger charge is -2.17. The lowest BCUT2D eigenvalue weighted by atomic mass is 9.97. The summed E-state index contributed by atoms with van der Waals surface area (Å²) in [5, 5.41) is 11.0. The van der Waals surface area contributed by atoms with Gasteiger partial charge >= 0.3 is 24.2 Å². The number of ether oxygens (including phenoxy) is 2. The van der Waals surface area contributed by atoms with E-state index in [1.54, 1.807) is 20.8 Å². The van der Waals surface area contributed by atoms with Crippen LogP contribution in [0.1, 0.15) is 33.6 Å². The minimum absolute atomic E-state index is 0.160. The number of nitrogens with one attached hydrogen (secondary N) is 1. The Morgan fingerprint density at radius 3 is 2.29 bits per heavy atom. The standard InChI is InChI=1S/C14H21N3O7/c1-14(2,3)12(21)23-6-7-24-13(22)17-10(11(19)20)5-4-9(18)8-16-15/h8,10H,4-7H2,1-3H3,(H,17,22)(H,19,20). The van der Waals surface area contributed by atoms with Crippen molar-refractivity contribution in [1.82, 2.24) is 5.32 Å². The molecule has 1 unspecified atom stereocenters. The number of Topliss-reactive ketones (excluding diaryl/α,β-unsaturated/α-hetero) is 1. The summed E-state index contributed by atoms with van der Waals surface area (Å²) in [6.07, 6.45) is -0.808. The first-order chi connectivity index (χ1) is 11.1. The summed E-state index contributed by atoms with van der Waals surface area (Å²) in [6, 6.07) is -1.34. The predicted molar refractivity (Wildman–Crippen MR) is 80.2 cm³/mol. The van der Waals surface area contributed by atoms with Crippen molar-refractivity contribution in [1.29, 1.82) is 0 Å². The first kappa shape index (κ1) is 21.3. The van der Waals surface area contributed by atoms with Crippen molar-refractivity contribution in [2.75, 3.05) is 13.2 Å². The van der Waals surface area contributed by atoms with Gasteiger partial charge < -0.3 is 25.4 Å². The van der Waals surface area contributed by atoms with Gasteiger partial charge in [0.1, 0.15) is 19.3 Å². The van der Waals surface area contributed by atoms with Gasteiger partial charge in [-0.2, -0.15) is 4.79 Å². The molecule has 0 bridgehead atoms. The highest BCUT2D eigenvalue weighted by Crippen LogP contribution is 2.14. The lowest BCUT2D eigenvalue weighted by Crippen LogP contribution is -2.41. The van der Waals surface area contributed by atoms with Crippen LogP contribution in [0, 0.1) is 5.41 Å². The maximum absolute atomic E-state index is 11.5. The van der Waals surface area contributed by atoms with Gasteiger partial charge in [0.2, 0.25) is 5.78 Å². The molecular weight excluding hydrogens is 322 g/mol. The van der Waals surface area contributed by atoms with Crippen molar-refractivity contribution in [3.63, 3.8) is 0 Å². The number of alkyl carbamates (subject to hydrolysis) is 1. The smallest absolute Gasteiger partial charge is 0.407 e. The minimum Gasteiger partial charge on any atom is -0.480 e. The van der Waals surface area contributed by atoms with E-state index in [2.05, 4.69) is 10.1 Å². The van der Waals surface area contributed by atoms with E-state index in [1.165, 1.54) is 0 Å². The van der Waals surface area contributed by atoms with Gasteiger partial charge in [-0.3, -0.25) is 9.59 Å². The number of carbonyl (C=O) groups excluding carboxylic acids is 3. The zero-order valence-electron chi connectivity index (χ0n) is 13.8. The molecule has 1 amide bonds. The van der Waals surface area contributed by atoms with Crippen LogP contribution in [0.2, 0.25) is 0 Å². The summed E-state index contributed by atoms with van der Waals surface area (Å²) in [5.41, 5.74) is 7.49. The fourth-order valence-corrected chi connectivity index (χ4v) is 1.34. The van der Waals surface area contributed by atoms with Crippen molar-refractivity contribution < 1.29 is 38.5 Å². The third-order valence-electron chi connectivity index (χ3n) is 2.63. The molecule has 10 heteroatoms. The largest absolute Gasteiger partial charge is 0.480 e. The maximum atomic E-state index is 11.5. The molecule has 0 aromatic heterocycles. The van der Waals surface area contributed by atoms with Gasteiger partial charge in [-0.25, -0.2) is 9.59 Å². The van der Waals surface area contributed by atoms with Crippen molar-refractivity contribution in [3.05, 3.63) is 5.53 Å². The van der Waals surface area contributed by atoms with E-state index in [9.17, 15) is 19.2 Å². The third-order valence-corrected chi connectivity index (χ3v) is 2.63. The van der Waals surface area contributed by atoms with E-state index in [4.69, 9.17) is 20.1 Å². The number of ketones is 1. The molecule has 10 nitrogen and oxygen atoms in total. The van der Waals surface area contributed by atoms with E-state index in [1.807, 2.05) is 0 Å². The fourth-order valence-electron chi connectivity index (χ4n) is 1.34. The van der Waals surface area contributed by atoms with Crippen LogP contribution < -0.4 is 5.32 Å². The Morgan fingerprint density at radius 2 is 1.79 bits per heavy atom. The average molecular weight is 343 g/mol. The van der Waals surface area contributed by atoms with Crippen LogP contribution in [0.4, 0.5) is 4.79 Å². The normalized spacial score (nSPS) is 11.6. The van der Waals surface area contributed by atoms with Gasteiger partial charge in [0.05, 0.1) is 5.41 Å². The quantitative estimate of drug-likeness (QED) is 0.202. The number of hydrogen-bond acceptors (Lipinski definition) is 6. The Kier molecular flexibility index (Phi) is 8.96. The highest BCUT2D eigenvalue weighted by Gasteiger charge is 2.24. The Bertz CT molecular complexity index is 533. The molecule has 2 N–H and O–H groups in total. The third kappa shape index (κ3) is 9.31. The second kappa shape index (κ2) is 10.1. The molecule has 0 spiro atoms. The molecule has 0 rings (SSSR count). The van der Waals surface area contributed by atoms with Gasteiger partial charge in [-0.05, 0) is 27.2 Å². The van der Waals surface area contributed by atoms with Crippen molar-refractivity contribution in [3.8, 4) is 0 Å². The van der Waals surface area contributed by atoms with E-state index < -0.39 is 35.3 Å². The van der Waals surface area contributed by atoms with Crippen LogP contribution in [-0.2, 0) is 23.9 Å². The average Bonchev–Trinajstić information content (AvgIpc) is 2.46. The summed E-state index contributed by atoms with van der Waals surface area (Å²) >= 11 is 0. The van der Waals surface area contributed by atoms with E-state index >= 15 is 0 Å². The molecule has 24 heavy (non-hydrogen) atoms. The molecule has 0 radical (unpaired) electrons. The van der Waals surface area contributed by atoms with Crippen LogP contribution in [0.3, 0.4) is 0 Å². The lowest BCUT2D eigenvalue weighted by molar-refractivity contribution is -0.153. The summed E-state index contributed by atoms with van der Waals surface area (Å²) in [6.45, 7) is 4.61. The number of carboxylic acids is 1. The van der Waals surface area contributed by atoms with E-state index in [0.29, 0.717) is 6.21 Å². The molecule has 0 aromatic rings. The summed E-state index contributed by atoms with van der Waals surface area (Å²) in [7, 11) is 0. The Labute approximate surface area is 138 Å². The molecule has 0 heterocycles. The zero-order chi connectivity index (χ0) is 18.8. The van der Waals surface area contributed by atoms with E-state index in [0.717, 1.165) is 0 Å². The van der Waals surface area contributed by atoms with Crippen LogP contribution in [-0.4, -0.2) is 59.2 Å². The molecular formula is C14H21N3O7. The number of rotatable bonds is 9. The summed E-state index contributed by atoms with van der Waals surface area (Å²) < 4.78 is 9.57. The van der Waals surface area contributed by atoms with Gasteiger partial charge in [-0.1, -0.05) is 0 Å². The predicted octanol–water partition coefficient (Wildman–Crippen LogP) is 0.405. The van der Waals surface area contributed by atoms with Crippen molar-refractivity contribution in [2.45, 2.75) is 39.7 Å². The van der Waals surface area contributed by atoms with E-state index in [-0.39, 0.29) is 26.1 Å². The first-order valence-corrected chi connectivity index (χ1v) is 7.11. The van der Waals surface area contributed by atoms with Gasteiger partial charge in [0.25, 0.3) is 0 Å². The molecule has 0 aromatic carbocycles. The molecule has 0 aliphatic rings. The number of hydrogen-bond donors (Lipinski definition) is 2. The SMILES string of the molecule is CC(C)(C)C(=O)OCCOC(=O)NC(CCC(=O)C=[N+]=[N-])C(=O)O. The first-order valence-electron chi connectivity index (χ1n) is 7.11. The summed E-state index contributed by atoms with van der Waals surface area (Å²) in [4.78, 5) is 47.6. The number of aliphatic carboxylic acids is 1. The Balaban J connectivity index is 4.20. The monoisotopic (exact) mass is 343 g/mol. The van der Waals surface area contributed by atoms with Crippen molar-refractivity contribution in [2.24, 2.45) is 5.41 Å². The van der Waals surface area contributed by atoms with Crippen LogP contribution in [0.5, 0.6) is 0 Å². The maximum Gasteiger partial charge on any atom is 0.407 e. The molecule has 134 valence electrons. The number of carbonyl (C=O) groups is 4. The molecule has 0 aliphatic carbocycles. The number of esters is 1. The molecule has 0 saturated heterocycles. The van der Waals surface area contributed by atoms with Gasteiger partial charge in [0, 0.05) is 6.42 Å². The highest BCUT2D eigenvalue weighted by atomic mass is 16.6. The number of amides is 1. The summed E-state index contributed by atoms with van der Waals surface area (Å²) in [5.74, 6) is -2.40. The Hall–Kier alpha value is -2.74. The van der Waals surface area contributed by atoms with Crippen LogP contribution in [0.15, 0.2) is 0 Å². The van der Waals surface area contributed by atoms with Gasteiger partial charge in [-0.15, -0.1) is 0 Å². The molecule has 0 saturated carbocycles. The highest BCUT2D eigenvalue weighted by molar-refractivity contribution is 6.25. The molecule has 0 aliphatic heterocycles. The van der Waals surface area contributed by atoms with Gasteiger partial charge in [0.15, 0.2) is 0 Å². The minimum atomic E-state index is -1.35. The van der Waals surface area contributed by atoms with Crippen molar-refractivity contribution >= 4 is 30.0 Å². The molecule has 1 atom stereocenters. The number of carboxylic acid groups (broad SMARTS) is 1. The van der Waals surface area contributed by atoms with Crippen LogP contribution in [0.25, 0.3) is 5.53 Å². The zero-order valence-corrected chi connectivity index (χ0v) is 13.8.